The van der Waals surface area contributed by atoms with Gasteiger partial charge in [0.05, 0.1) is 18.4 Å². The number of amides is 1. The lowest BCUT2D eigenvalue weighted by molar-refractivity contribution is -0.117. The average Bonchev–Trinajstić information content (AvgIpc) is 2.86. The fraction of sp³-hybridized carbons (Fsp3) is 0.529. The van der Waals surface area contributed by atoms with E-state index in [0.29, 0.717) is 12.5 Å². The summed E-state index contributed by atoms with van der Waals surface area (Å²) < 4.78 is 1.99. The molecule has 2 aromatic heterocycles. The van der Waals surface area contributed by atoms with Gasteiger partial charge in [-0.1, -0.05) is 0 Å². The van der Waals surface area contributed by atoms with Crippen molar-refractivity contribution in [1.82, 2.24) is 24.6 Å². The number of anilines is 1. The topological polar surface area (TPSA) is 75.9 Å². The third-order valence-electron chi connectivity index (χ3n) is 4.31. The minimum Gasteiger partial charge on any atom is -0.324 e. The quantitative estimate of drug-likeness (QED) is 0.903. The van der Waals surface area contributed by atoms with Gasteiger partial charge < -0.3 is 5.32 Å². The van der Waals surface area contributed by atoms with E-state index in [9.17, 15) is 4.79 Å². The standard InChI is InChI=1S/C17H24N6O/c1-13-19-14(2)23(21-13)11-15-5-4-8-22(10-15)12-17(24)20-16-6-3-7-18-9-16/h3,6-7,9,15H,4-5,8,10-12H2,1-2H3,(H,20,24)/t15-/m1/s1. The minimum atomic E-state index is 0.0106. The summed E-state index contributed by atoms with van der Waals surface area (Å²) in [6, 6.07) is 3.66. The van der Waals surface area contributed by atoms with Gasteiger partial charge in [0.15, 0.2) is 0 Å². The Kier molecular flexibility index (Phi) is 5.20. The minimum absolute atomic E-state index is 0.0106. The van der Waals surface area contributed by atoms with Crippen LogP contribution in [0.1, 0.15) is 24.5 Å². The molecule has 1 N–H and O–H groups in total. The van der Waals surface area contributed by atoms with Crippen LogP contribution < -0.4 is 5.32 Å². The zero-order valence-corrected chi connectivity index (χ0v) is 14.3. The third kappa shape index (κ3) is 4.38. The molecule has 1 aliphatic rings. The van der Waals surface area contributed by atoms with Crippen molar-refractivity contribution in [3.63, 3.8) is 0 Å². The van der Waals surface area contributed by atoms with Crippen LogP contribution in [-0.4, -0.2) is 50.2 Å². The zero-order chi connectivity index (χ0) is 16.9. The molecule has 3 rings (SSSR count). The summed E-state index contributed by atoms with van der Waals surface area (Å²) in [6.45, 7) is 7.07. The summed E-state index contributed by atoms with van der Waals surface area (Å²) in [4.78, 5) is 22.8. The highest BCUT2D eigenvalue weighted by molar-refractivity contribution is 5.92. The number of nitrogens with zero attached hydrogens (tertiary/aromatic N) is 5. The molecule has 0 radical (unpaired) electrons. The molecule has 1 amide bonds. The van der Waals surface area contributed by atoms with Gasteiger partial charge in [-0.05, 0) is 51.3 Å². The molecule has 24 heavy (non-hydrogen) atoms. The van der Waals surface area contributed by atoms with E-state index in [2.05, 4.69) is 25.3 Å². The molecule has 1 atom stereocenters. The molecule has 128 valence electrons. The van der Waals surface area contributed by atoms with Gasteiger partial charge in [-0.3, -0.25) is 14.7 Å². The Hall–Kier alpha value is -2.28. The summed E-state index contributed by atoms with van der Waals surface area (Å²) in [5.74, 6) is 2.29. The molecule has 0 bridgehead atoms. The van der Waals surface area contributed by atoms with Crippen LogP contribution in [0.25, 0.3) is 0 Å². The number of hydrogen-bond acceptors (Lipinski definition) is 5. The number of rotatable bonds is 5. The Bertz CT molecular complexity index is 684. The van der Waals surface area contributed by atoms with E-state index in [1.54, 1.807) is 12.4 Å². The normalized spacial score (nSPS) is 18.5. The van der Waals surface area contributed by atoms with E-state index < -0.39 is 0 Å². The smallest absolute Gasteiger partial charge is 0.238 e. The molecule has 2 aromatic rings. The monoisotopic (exact) mass is 328 g/mol. The summed E-state index contributed by atoms with van der Waals surface area (Å²) in [7, 11) is 0. The average molecular weight is 328 g/mol. The van der Waals surface area contributed by atoms with Gasteiger partial charge in [-0.25, -0.2) is 9.67 Å². The van der Waals surface area contributed by atoms with Gasteiger partial charge in [-0.2, -0.15) is 5.10 Å². The van der Waals surface area contributed by atoms with Crippen molar-refractivity contribution in [1.29, 1.82) is 0 Å². The van der Waals surface area contributed by atoms with E-state index in [4.69, 9.17) is 0 Å². The summed E-state index contributed by atoms with van der Waals surface area (Å²) in [5.41, 5.74) is 0.741. The second-order valence-corrected chi connectivity index (χ2v) is 6.42. The number of carbonyl (C=O) groups excluding carboxylic acids is 1. The molecule has 7 heteroatoms. The first-order valence-corrected chi connectivity index (χ1v) is 8.40. The highest BCUT2D eigenvalue weighted by atomic mass is 16.2. The lowest BCUT2D eigenvalue weighted by Crippen LogP contribution is -2.41. The molecule has 1 aliphatic heterocycles. The Labute approximate surface area is 142 Å². The van der Waals surface area contributed by atoms with Crippen LogP contribution in [0.5, 0.6) is 0 Å². The van der Waals surface area contributed by atoms with Crippen molar-refractivity contribution >= 4 is 11.6 Å². The van der Waals surface area contributed by atoms with E-state index in [1.165, 1.54) is 6.42 Å². The van der Waals surface area contributed by atoms with Crippen molar-refractivity contribution < 1.29 is 4.79 Å². The van der Waals surface area contributed by atoms with Crippen LogP contribution in [0.3, 0.4) is 0 Å². The van der Waals surface area contributed by atoms with Crippen LogP contribution in [0.15, 0.2) is 24.5 Å². The largest absolute Gasteiger partial charge is 0.324 e. The van der Waals surface area contributed by atoms with Gasteiger partial charge in [0.2, 0.25) is 5.91 Å². The zero-order valence-electron chi connectivity index (χ0n) is 14.3. The highest BCUT2D eigenvalue weighted by Gasteiger charge is 2.23. The summed E-state index contributed by atoms with van der Waals surface area (Å²) in [5, 5.41) is 7.34. The molecular weight excluding hydrogens is 304 g/mol. The predicted molar refractivity (Wildman–Crippen MR) is 91.5 cm³/mol. The first kappa shape index (κ1) is 16.6. The van der Waals surface area contributed by atoms with Crippen molar-refractivity contribution in [3.8, 4) is 0 Å². The van der Waals surface area contributed by atoms with Crippen LogP contribution in [0.4, 0.5) is 5.69 Å². The number of nitrogens with one attached hydrogen (secondary N) is 1. The molecule has 0 aliphatic carbocycles. The highest BCUT2D eigenvalue weighted by Crippen LogP contribution is 2.18. The SMILES string of the molecule is Cc1nc(C)n(C[C@@H]2CCCN(CC(=O)Nc3cccnc3)C2)n1. The lowest BCUT2D eigenvalue weighted by atomic mass is 9.98. The number of piperidine rings is 1. The molecule has 0 unspecified atom stereocenters. The van der Waals surface area contributed by atoms with Gasteiger partial charge >= 0.3 is 0 Å². The molecule has 7 nitrogen and oxygen atoms in total. The number of carbonyl (C=O) groups is 1. The van der Waals surface area contributed by atoms with Gasteiger partial charge in [0, 0.05) is 19.3 Å². The van der Waals surface area contributed by atoms with Gasteiger partial charge in [0.25, 0.3) is 0 Å². The molecule has 0 aromatic carbocycles. The lowest BCUT2D eigenvalue weighted by Gasteiger charge is -2.32. The fourth-order valence-electron chi connectivity index (χ4n) is 3.26. The van der Waals surface area contributed by atoms with Gasteiger partial charge in [0.1, 0.15) is 11.6 Å². The van der Waals surface area contributed by atoms with Crippen LogP contribution in [0.2, 0.25) is 0 Å². The van der Waals surface area contributed by atoms with Crippen LogP contribution in [-0.2, 0) is 11.3 Å². The van der Waals surface area contributed by atoms with Crippen molar-refractivity contribution in [3.05, 3.63) is 36.2 Å². The predicted octanol–water partition coefficient (Wildman–Crippen LogP) is 1.64. The van der Waals surface area contributed by atoms with Crippen molar-refractivity contribution in [2.45, 2.75) is 33.2 Å². The first-order chi connectivity index (χ1) is 11.6. The molecule has 0 spiro atoms. The summed E-state index contributed by atoms with van der Waals surface area (Å²) in [6.07, 6.45) is 5.63. The number of aryl methyl sites for hydroxylation is 2. The summed E-state index contributed by atoms with van der Waals surface area (Å²) >= 11 is 0. The second kappa shape index (κ2) is 7.53. The Morgan fingerprint density at radius 3 is 3.00 bits per heavy atom. The van der Waals surface area contributed by atoms with Gasteiger partial charge in [-0.15, -0.1) is 0 Å². The molecule has 1 fully saturated rings. The molecule has 3 heterocycles. The number of hydrogen-bond donors (Lipinski definition) is 1. The molecular formula is C17H24N6O. The number of likely N-dealkylation sites (tertiary alicyclic amines) is 1. The van der Waals surface area contributed by atoms with Crippen LogP contribution >= 0.6 is 0 Å². The van der Waals surface area contributed by atoms with Crippen LogP contribution in [0, 0.1) is 19.8 Å². The maximum atomic E-state index is 12.2. The fourth-order valence-corrected chi connectivity index (χ4v) is 3.26. The van der Waals surface area contributed by atoms with Crippen molar-refractivity contribution in [2.24, 2.45) is 5.92 Å². The Morgan fingerprint density at radius 2 is 2.29 bits per heavy atom. The van der Waals surface area contributed by atoms with E-state index in [-0.39, 0.29) is 5.91 Å². The maximum absolute atomic E-state index is 12.2. The van der Waals surface area contributed by atoms with E-state index in [0.717, 1.165) is 43.4 Å². The number of aromatic nitrogens is 4. The van der Waals surface area contributed by atoms with Crippen molar-refractivity contribution in [2.75, 3.05) is 25.0 Å². The van der Waals surface area contributed by atoms with E-state index in [1.807, 2.05) is 30.7 Å². The van der Waals surface area contributed by atoms with E-state index >= 15 is 0 Å². The number of pyridine rings is 1. The maximum Gasteiger partial charge on any atom is 0.238 e. The second-order valence-electron chi connectivity index (χ2n) is 6.42. The molecule has 1 saturated heterocycles. The molecule has 0 saturated carbocycles. The Morgan fingerprint density at radius 1 is 1.42 bits per heavy atom. The third-order valence-corrected chi connectivity index (χ3v) is 4.31. The first-order valence-electron chi connectivity index (χ1n) is 8.40. The Balaban J connectivity index is 1.52.